The number of carbonyl (C=O) groups is 1. The van der Waals surface area contributed by atoms with Gasteiger partial charge in [0.1, 0.15) is 0 Å². The lowest BCUT2D eigenvalue weighted by atomic mass is 9.79. The van der Waals surface area contributed by atoms with Crippen molar-refractivity contribution in [3.63, 3.8) is 0 Å². The van der Waals surface area contributed by atoms with Gasteiger partial charge in [-0.2, -0.15) is 0 Å². The first-order valence-corrected chi connectivity index (χ1v) is 6.69. The van der Waals surface area contributed by atoms with Crippen LogP contribution in [0.15, 0.2) is 30.3 Å². The summed E-state index contributed by atoms with van der Waals surface area (Å²) in [5, 5.41) is 8.87. The number of hydrogen-bond acceptors (Lipinski definition) is 2. The Morgan fingerprint density at radius 3 is 2.63 bits per heavy atom. The molecule has 1 aliphatic heterocycles. The number of hydrogen-bond donors (Lipinski definition) is 1. The van der Waals surface area contributed by atoms with Crippen molar-refractivity contribution in [2.24, 2.45) is 5.92 Å². The zero-order valence-electron chi connectivity index (χ0n) is 11.3. The van der Waals surface area contributed by atoms with Crippen LogP contribution < -0.4 is 0 Å². The molecule has 0 aliphatic carbocycles. The van der Waals surface area contributed by atoms with Gasteiger partial charge in [0.2, 0.25) is 0 Å². The highest BCUT2D eigenvalue weighted by Gasteiger charge is 2.29. The molecule has 1 aromatic rings. The zero-order valence-corrected chi connectivity index (χ0v) is 12.1. The zero-order chi connectivity index (χ0) is 13.0. The predicted molar refractivity (Wildman–Crippen MR) is 78.9 cm³/mol. The first kappa shape index (κ1) is 16.0. The molecule has 0 spiro atoms. The van der Waals surface area contributed by atoms with E-state index in [0.29, 0.717) is 11.8 Å². The van der Waals surface area contributed by atoms with Gasteiger partial charge >= 0.3 is 5.97 Å². The van der Waals surface area contributed by atoms with Crippen LogP contribution in [-0.4, -0.2) is 35.6 Å². The minimum atomic E-state index is -0.719. The molecular formula is C15H22ClNO2. The van der Waals surface area contributed by atoms with E-state index in [1.807, 2.05) is 6.07 Å². The highest BCUT2D eigenvalue weighted by atomic mass is 35.5. The maximum absolute atomic E-state index is 10.8. The number of carboxylic acid groups (broad SMARTS) is 1. The Hall–Kier alpha value is -1.06. The number of benzene rings is 1. The van der Waals surface area contributed by atoms with Gasteiger partial charge in [-0.25, -0.2) is 0 Å². The van der Waals surface area contributed by atoms with E-state index in [4.69, 9.17) is 5.11 Å². The van der Waals surface area contributed by atoms with Crippen LogP contribution in [0.5, 0.6) is 0 Å². The van der Waals surface area contributed by atoms with Gasteiger partial charge in [-0.05, 0) is 30.4 Å². The lowest BCUT2D eigenvalue weighted by molar-refractivity contribution is -0.138. The summed E-state index contributed by atoms with van der Waals surface area (Å²) in [6, 6.07) is 10.6. The van der Waals surface area contributed by atoms with Crippen LogP contribution >= 0.6 is 12.4 Å². The van der Waals surface area contributed by atoms with E-state index in [9.17, 15) is 4.79 Å². The van der Waals surface area contributed by atoms with Crippen LogP contribution in [0.2, 0.25) is 0 Å². The van der Waals surface area contributed by atoms with E-state index in [1.54, 1.807) is 0 Å². The molecule has 2 unspecified atom stereocenters. The molecule has 1 fully saturated rings. The van der Waals surface area contributed by atoms with Gasteiger partial charge in [-0.15, -0.1) is 12.4 Å². The molecule has 0 saturated carbocycles. The van der Waals surface area contributed by atoms with Gasteiger partial charge in [0.25, 0.3) is 0 Å². The molecule has 1 heterocycles. The standard InChI is InChI=1S/C15H21NO2.ClH/c1-2-12-10-16(11-15(17)18)9-8-14(12)13-6-4-3-5-7-13;/h3-7,12,14H,2,8-11H2,1H3,(H,17,18);1H. The monoisotopic (exact) mass is 283 g/mol. The van der Waals surface area contributed by atoms with E-state index in [2.05, 4.69) is 36.1 Å². The lowest BCUT2D eigenvalue weighted by Crippen LogP contribution is -2.41. The summed E-state index contributed by atoms with van der Waals surface area (Å²) >= 11 is 0. The first-order chi connectivity index (χ1) is 8.70. The third-order valence-electron chi connectivity index (χ3n) is 3.93. The molecule has 1 aliphatic rings. The molecule has 3 nitrogen and oxygen atoms in total. The van der Waals surface area contributed by atoms with Crippen LogP contribution in [0.3, 0.4) is 0 Å². The Labute approximate surface area is 121 Å². The van der Waals surface area contributed by atoms with Gasteiger partial charge in [-0.1, -0.05) is 43.7 Å². The second kappa shape index (κ2) is 7.51. The van der Waals surface area contributed by atoms with Crippen molar-refractivity contribution in [1.29, 1.82) is 0 Å². The third-order valence-corrected chi connectivity index (χ3v) is 3.93. The summed E-state index contributed by atoms with van der Waals surface area (Å²) in [6.07, 6.45) is 2.17. The van der Waals surface area contributed by atoms with Crippen molar-refractivity contribution in [3.8, 4) is 0 Å². The molecule has 1 aromatic carbocycles. The van der Waals surface area contributed by atoms with Crippen LogP contribution in [-0.2, 0) is 4.79 Å². The quantitative estimate of drug-likeness (QED) is 0.923. The van der Waals surface area contributed by atoms with Gasteiger partial charge in [0.05, 0.1) is 6.54 Å². The molecule has 106 valence electrons. The fourth-order valence-corrected chi connectivity index (χ4v) is 3.00. The van der Waals surface area contributed by atoms with E-state index in [1.165, 1.54) is 5.56 Å². The van der Waals surface area contributed by atoms with Crippen LogP contribution in [0, 0.1) is 5.92 Å². The van der Waals surface area contributed by atoms with E-state index in [-0.39, 0.29) is 19.0 Å². The van der Waals surface area contributed by atoms with Crippen molar-refractivity contribution >= 4 is 18.4 Å². The minimum Gasteiger partial charge on any atom is -0.480 e. The molecule has 2 rings (SSSR count). The van der Waals surface area contributed by atoms with Crippen LogP contribution in [0.25, 0.3) is 0 Å². The first-order valence-electron chi connectivity index (χ1n) is 6.69. The number of halogens is 1. The second-order valence-electron chi connectivity index (χ2n) is 5.10. The van der Waals surface area contributed by atoms with Gasteiger partial charge in [0.15, 0.2) is 0 Å². The summed E-state index contributed by atoms with van der Waals surface area (Å²) in [5.41, 5.74) is 1.40. The molecular weight excluding hydrogens is 262 g/mol. The van der Waals surface area contributed by atoms with Crippen molar-refractivity contribution in [1.82, 2.24) is 4.90 Å². The average molecular weight is 284 g/mol. The van der Waals surface area contributed by atoms with Crippen molar-refractivity contribution in [2.75, 3.05) is 19.6 Å². The minimum absolute atomic E-state index is 0. The molecule has 0 bridgehead atoms. The molecule has 0 aromatic heterocycles. The summed E-state index contributed by atoms with van der Waals surface area (Å²) < 4.78 is 0. The lowest BCUT2D eigenvalue weighted by Gasteiger charge is -2.37. The fourth-order valence-electron chi connectivity index (χ4n) is 3.00. The molecule has 0 amide bonds. The number of likely N-dealkylation sites (tertiary alicyclic amines) is 1. The summed E-state index contributed by atoms with van der Waals surface area (Å²) in [6.45, 7) is 4.17. The number of piperidine rings is 1. The van der Waals surface area contributed by atoms with E-state index < -0.39 is 5.97 Å². The second-order valence-corrected chi connectivity index (χ2v) is 5.10. The van der Waals surface area contributed by atoms with Gasteiger partial charge < -0.3 is 5.11 Å². The molecule has 1 saturated heterocycles. The number of aliphatic carboxylic acids is 1. The molecule has 1 N–H and O–H groups in total. The Balaban J connectivity index is 0.00000180. The third kappa shape index (κ3) is 4.22. The largest absolute Gasteiger partial charge is 0.480 e. The normalized spacial score (nSPS) is 23.6. The molecule has 4 heteroatoms. The Kier molecular flexibility index (Phi) is 6.32. The number of rotatable bonds is 4. The summed E-state index contributed by atoms with van der Waals surface area (Å²) in [7, 11) is 0. The molecule has 19 heavy (non-hydrogen) atoms. The maximum atomic E-state index is 10.8. The molecule has 2 atom stereocenters. The van der Waals surface area contributed by atoms with Crippen molar-refractivity contribution in [2.45, 2.75) is 25.7 Å². The van der Waals surface area contributed by atoms with Crippen molar-refractivity contribution in [3.05, 3.63) is 35.9 Å². The summed E-state index contributed by atoms with van der Waals surface area (Å²) in [5.74, 6) is 0.435. The van der Waals surface area contributed by atoms with Gasteiger partial charge in [0, 0.05) is 6.54 Å². The van der Waals surface area contributed by atoms with Crippen LogP contribution in [0.4, 0.5) is 0 Å². The van der Waals surface area contributed by atoms with Gasteiger partial charge in [-0.3, -0.25) is 9.69 Å². The highest BCUT2D eigenvalue weighted by molar-refractivity contribution is 5.85. The van der Waals surface area contributed by atoms with Crippen LogP contribution in [0.1, 0.15) is 31.2 Å². The number of nitrogens with zero attached hydrogens (tertiary/aromatic N) is 1. The SMILES string of the molecule is CCC1CN(CC(=O)O)CCC1c1ccccc1.Cl. The van der Waals surface area contributed by atoms with E-state index >= 15 is 0 Å². The Morgan fingerprint density at radius 1 is 1.37 bits per heavy atom. The van der Waals surface area contributed by atoms with Crippen molar-refractivity contribution < 1.29 is 9.90 Å². The fraction of sp³-hybridized carbons (Fsp3) is 0.533. The Morgan fingerprint density at radius 2 is 2.05 bits per heavy atom. The summed E-state index contributed by atoms with van der Waals surface area (Å²) in [4.78, 5) is 12.8. The number of carboxylic acids is 1. The highest BCUT2D eigenvalue weighted by Crippen LogP contribution is 2.34. The molecule has 0 radical (unpaired) electrons. The Bertz CT molecular complexity index is 396. The maximum Gasteiger partial charge on any atom is 0.317 e. The topological polar surface area (TPSA) is 40.5 Å². The average Bonchev–Trinajstić information content (AvgIpc) is 2.39. The predicted octanol–water partition coefficient (Wildman–Crippen LogP) is 3.01. The smallest absolute Gasteiger partial charge is 0.317 e. The van der Waals surface area contributed by atoms with E-state index in [0.717, 1.165) is 25.9 Å².